The number of hydrogen-bond acceptors (Lipinski definition) is 6. The van der Waals surface area contributed by atoms with Crippen molar-refractivity contribution in [3.63, 3.8) is 0 Å². The van der Waals surface area contributed by atoms with E-state index in [4.69, 9.17) is 9.47 Å². The standard InChI is InChI=1S/C28H26N2O5/c1-4-14-35-22-11-12-23(18(2)15-22)26(31)24-25(20-7-9-21(34-3)10-8-20)30(28(33)27(24)32)17-19-6-5-13-29-16-19/h4-13,15-16,25,31H,1,14,17H2,2-3H3/b26-24+. The van der Waals surface area contributed by atoms with E-state index in [1.807, 2.05) is 13.0 Å². The minimum absolute atomic E-state index is 0.0342. The summed E-state index contributed by atoms with van der Waals surface area (Å²) in [4.78, 5) is 32.0. The lowest BCUT2D eigenvalue weighted by molar-refractivity contribution is -0.140. The smallest absolute Gasteiger partial charge is 0.295 e. The second-order valence-electron chi connectivity index (χ2n) is 8.14. The zero-order chi connectivity index (χ0) is 24.9. The van der Waals surface area contributed by atoms with Gasteiger partial charge in [-0.2, -0.15) is 0 Å². The molecule has 1 atom stereocenters. The number of rotatable bonds is 8. The topological polar surface area (TPSA) is 89.0 Å². The van der Waals surface area contributed by atoms with Gasteiger partial charge >= 0.3 is 0 Å². The van der Waals surface area contributed by atoms with Crippen molar-refractivity contribution in [3.8, 4) is 11.5 Å². The van der Waals surface area contributed by atoms with Crippen molar-refractivity contribution in [2.75, 3.05) is 13.7 Å². The molecular weight excluding hydrogens is 444 g/mol. The number of hydrogen-bond donors (Lipinski definition) is 1. The van der Waals surface area contributed by atoms with Crippen molar-refractivity contribution in [3.05, 3.63) is 107 Å². The number of ether oxygens (including phenoxy) is 2. The minimum Gasteiger partial charge on any atom is -0.507 e. The zero-order valence-corrected chi connectivity index (χ0v) is 19.6. The molecule has 1 amide bonds. The van der Waals surface area contributed by atoms with Crippen LogP contribution in [0.4, 0.5) is 0 Å². The molecule has 1 fully saturated rings. The molecule has 0 spiro atoms. The van der Waals surface area contributed by atoms with Gasteiger partial charge in [0.2, 0.25) is 0 Å². The van der Waals surface area contributed by atoms with Crippen molar-refractivity contribution < 1.29 is 24.2 Å². The van der Waals surface area contributed by atoms with E-state index in [-0.39, 0.29) is 17.9 Å². The van der Waals surface area contributed by atoms with Crippen molar-refractivity contribution >= 4 is 17.4 Å². The fourth-order valence-corrected chi connectivity index (χ4v) is 4.16. The molecule has 1 saturated heterocycles. The highest BCUT2D eigenvalue weighted by atomic mass is 16.5. The molecule has 3 aromatic rings. The maximum Gasteiger partial charge on any atom is 0.295 e. The first-order valence-electron chi connectivity index (χ1n) is 11.1. The van der Waals surface area contributed by atoms with E-state index < -0.39 is 17.7 Å². The SMILES string of the molecule is C=CCOc1ccc(/C(O)=C2\C(=O)C(=O)N(Cc3cccnc3)C2c2ccc(OC)cc2)c(C)c1. The number of carbonyl (C=O) groups excluding carboxylic acids is 2. The Labute approximate surface area is 203 Å². The lowest BCUT2D eigenvalue weighted by Gasteiger charge is -2.25. The summed E-state index contributed by atoms with van der Waals surface area (Å²) in [6.07, 6.45) is 4.93. The van der Waals surface area contributed by atoms with Crippen LogP contribution < -0.4 is 9.47 Å². The average molecular weight is 471 g/mol. The second kappa shape index (κ2) is 10.3. The highest BCUT2D eigenvalue weighted by Gasteiger charge is 2.46. The van der Waals surface area contributed by atoms with Gasteiger partial charge in [0.25, 0.3) is 11.7 Å². The first-order chi connectivity index (χ1) is 16.9. The van der Waals surface area contributed by atoms with Gasteiger partial charge in [-0.3, -0.25) is 14.6 Å². The lowest BCUT2D eigenvalue weighted by Crippen LogP contribution is -2.29. The molecular formula is C28H26N2O5. The van der Waals surface area contributed by atoms with Gasteiger partial charge in [-0.05, 0) is 60.0 Å². The number of amides is 1. The van der Waals surface area contributed by atoms with Crippen LogP contribution in [-0.2, 0) is 16.1 Å². The summed E-state index contributed by atoms with van der Waals surface area (Å²) in [6.45, 7) is 5.96. The fraction of sp³-hybridized carbons (Fsp3) is 0.179. The van der Waals surface area contributed by atoms with E-state index in [1.54, 1.807) is 74.1 Å². The summed E-state index contributed by atoms with van der Waals surface area (Å²) < 4.78 is 10.8. The van der Waals surface area contributed by atoms with Crippen LogP contribution in [0.2, 0.25) is 0 Å². The summed E-state index contributed by atoms with van der Waals surface area (Å²) in [7, 11) is 1.56. The predicted molar refractivity (Wildman–Crippen MR) is 132 cm³/mol. The van der Waals surface area contributed by atoms with Crippen molar-refractivity contribution in [1.29, 1.82) is 0 Å². The molecule has 2 heterocycles. The van der Waals surface area contributed by atoms with Crippen LogP contribution in [0.3, 0.4) is 0 Å². The first-order valence-corrected chi connectivity index (χ1v) is 11.1. The van der Waals surface area contributed by atoms with Gasteiger partial charge < -0.3 is 19.5 Å². The van der Waals surface area contributed by atoms with E-state index >= 15 is 0 Å². The monoisotopic (exact) mass is 470 g/mol. The number of carbonyl (C=O) groups is 2. The molecule has 0 bridgehead atoms. The molecule has 178 valence electrons. The lowest BCUT2D eigenvalue weighted by atomic mass is 9.93. The molecule has 1 aliphatic heterocycles. The molecule has 1 aliphatic rings. The van der Waals surface area contributed by atoms with Gasteiger partial charge in [0.05, 0.1) is 18.7 Å². The van der Waals surface area contributed by atoms with Gasteiger partial charge in [0, 0.05) is 24.5 Å². The number of likely N-dealkylation sites (tertiary alicyclic amines) is 1. The Balaban J connectivity index is 1.82. The van der Waals surface area contributed by atoms with Crippen LogP contribution in [0.25, 0.3) is 5.76 Å². The maximum atomic E-state index is 13.3. The molecule has 0 aliphatic carbocycles. The number of pyridine rings is 1. The molecule has 1 unspecified atom stereocenters. The largest absolute Gasteiger partial charge is 0.507 e. The first kappa shape index (κ1) is 23.8. The van der Waals surface area contributed by atoms with Gasteiger partial charge in [0.15, 0.2) is 0 Å². The molecule has 0 radical (unpaired) electrons. The third kappa shape index (κ3) is 4.80. The number of Topliss-reactive ketones (excluding diaryl/α,β-unsaturated/α-hetero) is 1. The predicted octanol–water partition coefficient (Wildman–Crippen LogP) is 4.59. The van der Waals surface area contributed by atoms with Gasteiger partial charge in [-0.25, -0.2) is 0 Å². The number of aromatic nitrogens is 1. The van der Waals surface area contributed by atoms with Crippen molar-refractivity contribution in [2.24, 2.45) is 0 Å². The number of aliphatic hydroxyl groups excluding tert-OH is 1. The number of ketones is 1. The Hall–Kier alpha value is -4.39. The average Bonchev–Trinajstić information content (AvgIpc) is 3.12. The van der Waals surface area contributed by atoms with E-state index in [9.17, 15) is 14.7 Å². The normalized spacial score (nSPS) is 16.9. The van der Waals surface area contributed by atoms with Crippen LogP contribution in [0.15, 0.2) is 85.2 Å². The fourth-order valence-electron chi connectivity index (χ4n) is 4.16. The molecule has 35 heavy (non-hydrogen) atoms. The number of methoxy groups -OCH3 is 1. The Morgan fingerprint density at radius 1 is 1.14 bits per heavy atom. The van der Waals surface area contributed by atoms with Crippen LogP contribution >= 0.6 is 0 Å². The number of aliphatic hydroxyl groups is 1. The van der Waals surface area contributed by atoms with Gasteiger partial charge in [-0.1, -0.05) is 30.9 Å². The molecule has 7 heteroatoms. The molecule has 0 saturated carbocycles. The number of benzene rings is 2. The van der Waals surface area contributed by atoms with Crippen LogP contribution in [0.1, 0.15) is 28.3 Å². The highest BCUT2D eigenvalue weighted by molar-refractivity contribution is 6.46. The molecule has 1 N–H and O–H groups in total. The maximum absolute atomic E-state index is 13.3. The van der Waals surface area contributed by atoms with Gasteiger partial charge in [0.1, 0.15) is 23.9 Å². The number of nitrogens with zero attached hydrogens (tertiary/aromatic N) is 2. The summed E-state index contributed by atoms with van der Waals surface area (Å²) in [5.41, 5.74) is 2.64. The molecule has 2 aromatic carbocycles. The summed E-state index contributed by atoms with van der Waals surface area (Å²) in [5, 5.41) is 11.4. The Kier molecular flexibility index (Phi) is 6.96. The van der Waals surface area contributed by atoms with E-state index in [0.29, 0.717) is 34.8 Å². The molecule has 7 nitrogen and oxygen atoms in total. The highest BCUT2D eigenvalue weighted by Crippen LogP contribution is 2.41. The second-order valence-corrected chi connectivity index (χ2v) is 8.14. The van der Waals surface area contributed by atoms with Crippen molar-refractivity contribution in [2.45, 2.75) is 19.5 Å². The Morgan fingerprint density at radius 3 is 2.51 bits per heavy atom. The third-order valence-electron chi connectivity index (χ3n) is 5.87. The Bertz CT molecular complexity index is 1280. The zero-order valence-electron chi connectivity index (χ0n) is 19.6. The third-order valence-corrected chi connectivity index (χ3v) is 5.87. The summed E-state index contributed by atoms with van der Waals surface area (Å²) >= 11 is 0. The van der Waals surface area contributed by atoms with E-state index in [0.717, 1.165) is 5.56 Å². The minimum atomic E-state index is -0.780. The summed E-state index contributed by atoms with van der Waals surface area (Å²) in [6, 6.07) is 15.1. The van der Waals surface area contributed by atoms with E-state index in [1.165, 1.54) is 4.90 Å². The van der Waals surface area contributed by atoms with Crippen molar-refractivity contribution in [1.82, 2.24) is 9.88 Å². The summed E-state index contributed by atoms with van der Waals surface area (Å²) in [5.74, 6) is -0.393. The number of aryl methyl sites for hydroxylation is 1. The quantitative estimate of drug-likeness (QED) is 0.224. The Morgan fingerprint density at radius 2 is 1.89 bits per heavy atom. The van der Waals surface area contributed by atoms with E-state index in [2.05, 4.69) is 11.6 Å². The van der Waals surface area contributed by atoms with Gasteiger partial charge in [-0.15, -0.1) is 0 Å². The van der Waals surface area contributed by atoms with Crippen LogP contribution in [-0.4, -0.2) is 40.4 Å². The molecule has 1 aromatic heterocycles. The van der Waals surface area contributed by atoms with Crippen LogP contribution in [0.5, 0.6) is 11.5 Å². The molecule has 4 rings (SSSR count). The van der Waals surface area contributed by atoms with Crippen LogP contribution in [0, 0.1) is 6.92 Å².